The molecule has 1 N–H and O–H groups in total. The van der Waals surface area contributed by atoms with Crippen LogP contribution < -0.4 is 10.1 Å². The minimum atomic E-state index is -3.03. The fourth-order valence-corrected chi connectivity index (χ4v) is 2.08. The van der Waals surface area contributed by atoms with E-state index < -0.39 is 29.9 Å². The van der Waals surface area contributed by atoms with Gasteiger partial charge in [-0.2, -0.15) is 8.78 Å². The summed E-state index contributed by atoms with van der Waals surface area (Å²) >= 11 is 3.13. The monoisotopic (exact) mass is 391 g/mol. The summed E-state index contributed by atoms with van der Waals surface area (Å²) in [5, 5.41) is 2.56. The topological polar surface area (TPSA) is 73.9 Å². The fourth-order valence-electron chi connectivity index (χ4n) is 1.74. The Kier molecular flexibility index (Phi) is 4.88. The fraction of sp³-hybridized carbons (Fsp3) is 0.286. The van der Waals surface area contributed by atoms with Crippen molar-refractivity contribution in [3.63, 3.8) is 0 Å². The van der Waals surface area contributed by atoms with Crippen LogP contribution in [0.2, 0.25) is 0 Å². The van der Waals surface area contributed by atoms with E-state index in [1.165, 1.54) is 26.0 Å². The number of ether oxygens (including phenoxy) is 3. The molecule has 124 valence electrons. The minimum Gasteiger partial charge on any atom is -0.433 e. The van der Waals surface area contributed by atoms with Gasteiger partial charge in [-0.15, -0.1) is 0 Å². The van der Waals surface area contributed by atoms with Crippen molar-refractivity contribution in [3.05, 3.63) is 34.4 Å². The lowest BCUT2D eigenvalue weighted by Crippen LogP contribution is -2.42. The van der Waals surface area contributed by atoms with Crippen LogP contribution in [0.15, 0.2) is 34.4 Å². The molecule has 1 heterocycles. The molecule has 1 aromatic rings. The maximum Gasteiger partial charge on any atom is 0.387 e. The number of benzene rings is 1. The zero-order chi connectivity index (χ0) is 17.2. The Labute approximate surface area is 138 Å². The molecule has 1 aliphatic rings. The van der Waals surface area contributed by atoms with Gasteiger partial charge in [0, 0.05) is 24.5 Å². The van der Waals surface area contributed by atoms with Crippen molar-refractivity contribution in [2.24, 2.45) is 0 Å². The van der Waals surface area contributed by atoms with Gasteiger partial charge in [0.05, 0.1) is 5.69 Å². The van der Waals surface area contributed by atoms with Gasteiger partial charge in [0.25, 0.3) is 5.79 Å². The van der Waals surface area contributed by atoms with E-state index in [4.69, 9.17) is 9.47 Å². The maximum atomic E-state index is 12.4. The van der Waals surface area contributed by atoms with Crippen molar-refractivity contribution >= 4 is 33.6 Å². The second-order valence-corrected chi connectivity index (χ2v) is 5.82. The molecule has 1 saturated heterocycles. The van der Waals surface area contributed by atoms with E-state index in [0.717, 1.165) is 6.20 Å². The third kappa shape index (κ3) is 4.41. The Morgan fingerprint density at radius 1 is 1.26 bits per heavy atom. The van der Waals surface area contributed by atoms with Crippen LogP contribution in [-0.4, -0.2) is 24.3 Å². The lowest BCUT2D eigenvalue weighted by Gasteiger charge is -2.29. The van der Waals surface area contributed by atoms with E-state index in [2.05, 4.69) is 26.0 Å². The first kappa shape index (κ1) is 17.2. The van der Waals surface area contributed by atoms with Crippen LogP contribution in [0.25, 0.3) is 0 Å². The van der Waals surface area contributed by atoms with Gasteiger partial charge in [-0.05, 0) is 18.2 Å². The highest BCUT2D eigenvalue weighted by Gasteiger charge is 2.39. The van der Waals surface area contributed by atoms with Crippen LogP contribution in [0.1, 0.15) is 13.8 Å². The van der Waals surface area contributed by atoms with Crippen LogP contribution in [0.3, 0.4) is 0 Å². The number of alkyl halides is 2. The molecule has 0 aromatic heterocycles. The quantitative estimate of drug-likeness (QED) is 0.482. The summed E-state index contributed by atoms with van der Waals surface area (Å²) in [5.41, 5.74) is -0.262. The highest BCUT2D eigenvalue weighted by molar-refractivity contribution is 9.10. The summed E-state index contributed by atoms with van der Waals surface area (Å²) in [6.45, 7) is -0.199. The van der Waals surface area contributed by atoms with Gasteiger partial charge in [-0.25, -0.2) is 9.59 Å². The second-order valence-electron chi connectivity index (χ2n) is 4.90. The van der Waals surface area contributed by atoms with Gasteiger partial charge in [0.1, 0.15) is 0 Å². The molecular weight excluding hydrogens is 380 g/mol. The predicted molar refractivity (Wildman–Crippen MR) is 78.7 cm³/mol. The van der Waals surface area contributed by atoms with E-state index in [-0.39, 0.29) is 11.4 Å². The Morgan fingerprint density at radius 3 is 2.43 bits per heavy atom. The molecule has 0 atom stereocenters. The zero-order valence-electron chi connectivity index (χ0n) is 12.1. The second kappa shape index (κ2) is 6.53. The largest absolute Gasteiger partial charge is 0.433 e. The lowest BCUT2D eigenvalue weighted by atomic mass is 10.2. The van der Waals surface area contributed by atoms with Crippen LogP contribution in [0.5, 0.6) is 5.75 Å². The summed E-state index contributed by atoms with van der Waals surface area (Å²) in [6, 6.07) is 4.32. The van der Waals surface area contributed by atoms with Crippen LogP contribution in [0, 0.1) is 0 Å². The Balaban J connectivity index is 2.23. The first-order valence-corrected chi connectivity index (χ1v) is 7.15. The molecule has 6 nitrogen and oxygen atoms in total. The Hall–Kier alpha value is -2.16. The molecular formula is C14H12BrF2NO5. The molecule has 1 aliphatic heterocycles. The molecule has 0 unspecified atom stereocenters. The van der Waals surface area contributed by atoms with Crippen molar-refractivity contribution < 1.29 is 32.6 Å². The van der Waals surface area contributed by atoms with Crippen LogP contribution >= 0.6 is 15.9 Å². The Bertz CT molecular complexity index is 653. The van der Waals surface area contributed by atoms with Gasteiger partial charge in [-0.3, -0.25) is 0 Å². The van der Waals surface area contributed by atoms with Crippen molar-refractivity contribution in [1.29, 1.82) is 0 Å². The number of hydrogen-bond donors (Lipinski definition) is 1. The van der Waals surface area contributed by atoms with Crippen LogP contribution in [0.4, 0.5) is 14.5 Å². The predicted octanol–water partition coefficient (Wildman–Crippen LogP) is 3.18. The average molecular weight is 392 g/mol. The SMILES string of the molecule is CC1(C)OC(=O)C(=CNc2ccc(Br)cc2OC(F)F)C(=O)O1. The normalized spacial score (nSPS) is 16.7. The first-order valence-electron chi connectivity index (χ1n) is 6.36. The minimum absolute atomic E-state index is 0.131. The van der Waals surface area contributed by atoms with Gasteiger partial charge >= 0.3 is 18.6 Å². The number of esters is 2. The highest BCUT2D eigenvalue weighted by atomic mass is 79.9. The van der Waals surface area contributed by atoms with Crippen LogP contribution in [-0.2, 0) is 19.1 Å². The molecule has 1 aromatic carbocycles. The van der Waals surface area contributed by atoms with E-state index in [9.17, 15) is 18.4 Å². The lowest BCUT2D eigenvalue weighted by molar-refractivity contribution is -0.222. The maximum absolute atomic E-state index is 12.4. The summed E-state index contributed by atoms with van der Waals surface area (Å²) in [4.78, 5) is 23.5. The number of cyclic esters (lactones) is 2. The average Bonchev–Trinajstić information content (AvgIpc) is 2.37. The summed E-state index contributed by atoms with van der Waals surface area (Å²) in [7, 11) is 0. The van der Waals surface area contributed by atoms with Gasteiger partial charge in [0.15, 0.2) is 11.3 Å². The number of carbonyl (C=O) groups is 2. The van der Waals surface area contributed by atoms with Gasteiger partial charge in [0.2, 0.25) is 0 Å². The molecule has 23 heavy (non-hydrogen) atoms. The van der Waals surface area contributed by atoms with Gasteiger partial charge < -0.3 is 19.5 Å². The smallest absolute Gasteiger partial charge is 0.387 e. The summed E-state index contributed by atoms with van der Waals surface area (Å²) in [5.74, 6) is -3.28. The van der Waals surface area contributed by atoms with Crippen molar-refractivity contribution in [1.82, 2.24) is 0 Å². The first-order chi connectivity index (χ1) is 10.7. The molecule has 0 saturated carbocycles. The Morgan fingerprint density at radius 2 is 1.87 bits per heavy atom. The number of hydrogen-bond acceptors (Lipinski definition) is 6. The number of carbonyl (C=O) groups excluding carboxylic acids is 2. The van der Waals surface area contributed by atoms with E-state index >= 15 is 0 Å². The zero-order valence-corrected chi connectivity index (χ0v) is 13.6. The third-order valence-electron chi connectivity index (χ3n) is 2.65. The number of halogens is 3. The van der Waals surface area contributed by atoms with Crippen molar-refractivity contribution in [2.75, 3.05) is 5.32 Å². The molecule has 1 fully saturated rings. The molecule has 0 amide bonds. The molecule has 0 bridgehead atoms. The standard InChI is InChI=1S/C14H12BrF2NO5/c1-14(2)22-11(19)8(12(20)23-14)6-18-9-4-3-7(15)5-10(9)21-13(16)17/h3-6,13,18H,1-2H3. The van der Waals surface area contributed by atoms with Crippen molar-refractivity contribution in [3.8, 4) is 5.75 Å². The molecule has 2 rings (SSSR count). The number of nitrogens with one attached hydrogen (secondary N) is 1. The molecule has 9 heteroatoms. The number of rotatable bonds is 4. The highest BCUT2D eigenvalue weighted by Crippen LogP contribution is 2.30. The number of anilines is 1. The van der Waals surface area contributed by atoms with Gasteiger partial charge in [-0.1, -0.05) is 15.9 Å². The van der Waals surface area contributed by atoms with E-state index in [1.54, 1.807) is 6.07 Å². The van der Waals surface area contributed by atoms with E-state index in [1.807, 2.05) is 0 Å². The molecule has 0 radical (unpaired) electrons. The van der Waals surface area contributed by atoms with E-state index in [0.29, 0.717) is 4.47 Å². The summed E-state index contributed by atoms with van der Waals surface area (Å²) < 4.78 is 39.5. The third-order valence-corrected chi connectivity index (χ3v) is 3.14. The molecule has 0 spiro atoms. The van der Waals surface area contributed by atoms with Crippen molar-refractivity contribution in [2.45, 2.75) is 26.2 Å². The molecule has 0 aliphatic carbocycles. The summed E-state index contributed by atoms with van der Waals surface area (Å²) in [6.07, 6.45) is 1.02.